The van der Waals surface area contributed by atoms with Crippen LogP contribution in [0.4, 0.5) is 0 Å². The number of thiazole rings is 1. The van der Waals surface area contributed by atoms with Crippen molar-refractivity contribution in [3.8, 4) is 0 Å². The number of nitrogens with zero attached hydrogens (tertiary/aromatic N) is 2. The lowest BCUT2D eigenvalue weighted by Crippen LogP contribution is -2.49. The highest BCUT2D eigenvalue weighted by Gasteiger charge is 2.34. The first-order valence-corrected chi connectivity index (χ1v) is 9.23. The topological polar surface area (TPSA) is 70.5 Å². The summed E-state index contributed by atoms with van der Waals surface area (Å²) >= 11 is 1.66. The Morgan fingerprint density at radius 2 is 2.17 bits per heavy atom. The summed E-state index contributed by atoms with van der Waals surface area (Å²) in [7, 11) is 0. The van der Waals surface area contributed by atoms with E-state index in [0.717, 1.165) is 28.1 Å². The molecule has 5 nitrogen and oxygen atoms in total. The number of carboxylic acid groups (broad SMARTS) is 1. The Hall–Kier alpha value is -1.95. The predicted molar refractivity (Wildman–Crippen MR) is 94.1 cm³/mol. The number of fused-ring (bicyclic) bond motifs is 1. The fourth-order valence-corrected chi connectivity index (χ4v) is 4.24. The van der Waals surface area contributed by atoms with Crippen LogP contribution in [-0.2, 0) is 16.0 Å². The predicted octanol–water partition coefficient (Wildman–Crippen LogP) is 3.33. The van der Waals surface area contributed by atoms with Gasteiger partial charge in [0.25, 0.3) is 0 Å². The highest BCUT2D eigenvalue weighted by atomic mass is 32.1. The molecule has 1 aliphatic rings. The van der Waals surface area contributed by atoms with Gasteiger partial charge < -0.3 is 10.0 Å². The van der Waals surface area contributed by atoms with Gasteiger partial charge in [-0.3, -0.25) is 4.79 Å². The Labute approximate surface area is 145 Å². The number of para-hydroxylation sites is 1. The first kappa shape index (κ1) is 16.9. The van der Waals surface area contributed by atoms with Gasteiger partial charge in [0.05, 0.1) is 15.2 Å². The monoisotopic (exact) mass is 346 g/mol. The Kier molecular flexibility index (Phi) is 5.14. The zero-order chi connectivity index (χ0) is 17.1. The van der Waals surface area contributed by atoms with Crippen LogP contribution in [0.15, 0.2) is 24.3 Å². The van der Waals surface area contributed by atoms with Crippen molar-refractivity contribution in [3.05, 3.63) is 29.3 Å². The first-order valence-electron chi connectivity index (χ1n) is 8.41. The summed E-state index contributed by atoms with van der Waals surface area (Å²) in [4.78, 5) is 30.0. The second-order valence-corrected chi connectivity index (χ2v) is 7.61. The van der Waals surface area contributed by atoms with Gasteiger partial charge in [-0.05, 0) is 43.7 Å². The molecular formula is C18H22N2O3S. The summed E-state index contributed by atoms with van der Waals surface area (Å²) in [5, 5.41) is 10.4. The first-order chi connectivity index (χ1) is 11.5. The number of rotatable bonds is 5. The average Bonchev–Trinajstić information content (AvgIpc) is 2.97. The second kappa shape index (κ2) is 7.30. The quantitative estimate of drug-likeness (QED) is 0.901. The molecule has 2 heterocycles. The van der Waals surface area contributed by atoms with Gasteiger partial charge in [0, 0.05) is 13.0 Å². The zero-order valence-corrected chi connectivity index (χ0v) is 14.6. The standard InChI is InChI=1S/C18H22N2O3S/c1-12-9-10-20(14(11-12)18(22)23)17(21)8-4-7-16-19-13-5-2-3-6-15(13)24-16/h2-3,5-6,12,14H,4,7-11H2,1H3,(H,22,23). The minimum Gasteiger partial charge on any atom is -0.480 e. The molecule has 2 aromatic rings. The molecule has 0 spiro atoms. The molecular weight excluding hydrogens is 324 g/mol. The molecule has 1 aromatic heterocycles. The van der Waals surface area contributed by atoms with Crippen molar-refractivity contribution >= 4 is 33.4 Å². The number of piperidine rings is 1. The van der Waals surface area contributed by atoms with Crippen LogP contribution in [0.2, 0.25) is 0 Å². The Balaban J connectivity index is 1.55. The summed E-state index contributed by atoms with van der Waals surface area (Å²) in [5.41, 5.74) is 1.000. The van der Waals surface area contributed by atoms with Crippen molar-refractivity contribution in [2.75, 3.05) is 6.54 Å². The largest absolute Gasteiger partial charge is 0.480 e. The van der Waals surface area contributed by atoms with Gasteiger partial charge in [-0.25, -0.2) is 9.78 Å². The molecule has 6 heteroatoms. The molecule has 1 amide bonds. The molecule has 3 rings (SSSR count). The number of carboxylic acids is 1. The van der Waals surface area contributed by atoms with E-state index in [-0.39, 0.29) is 5.91 Å². The highest BCUT2D eigenvalue weighted by Crippen LogP contribution is 2.25. The number of hydrogen-bond donors (Lipinski definition) is 1. The van der Waals surface area contributed by atoms with Gasteiger partial charge in [0.1, 0.15) is 6.04 Å². The molecule has 0 aliphatic carbocycles. The molecule has 24 heavy (non-hydrogen) atoms. The Morgan fingerprint density at radius 1 is 1.38 bits per heavy atom. The van der Waals surface area contributed by atoms with Crippen molar-refractivity contribution in [2.45, 2.75) is 45.1 Å². The van der Waals surface area contributed by atoms with E-state index in [0.29, 0.717) is 31.7 Å². The van der Waals surface area contributed by atoms with Crippen LogP contribution in [0, 0.1) is 5.92 Å². The van der Waals surface area contributed by atoms with Gasteiger partial charge in [-0.15, -0.1) is 11.3 Å². The molecule has 0 saturated carbocycles. The molecule has 1 saturated heterocycles. The van der Waals surface area contributed by atoms with Gasteiger partial charge in [0.15, 0.2) is 0 Å². The summed E-state index contributed by atoms with van der Waals surface area (Å²) in [6.07, 6.45) is 3.28. The molecule has 1 aromatic carbocycles. The number of carbonyl (C=O) groups is 2. The molecule has 1 aliphatic heterocycles. The lowest BCUT2D eigenvalue weighted by Gasteiger charge is -2.36. The number of aryl methyl sites for hydroxylation is 1. The van der Waals surface area contributed by atoms with Crippen LogP contribution in [0.25, 0.3) is 10.2 Å². The van der Waals surface area contributed by atoms with E-state index in [9.17, 15) is 14.7 Å². The second-order valence-electron chi connectivity index (χ2n) is 6.50. The number of carbonyl (C=O) groups excluding carboxylic acids is 1. The maximum absolute atomic E-state index is 12.4. The lowest BCUT2D eigenvalue weighted by molar-refractivity contribution is -0.153. The van der Waals surface area contributed by atoms with Crippen LogP contribution in [0.5, 0.6) is 0 Å². The minimum atomic E-state index is -0.888. The van der Waals surface area contributed by atoms with Crippen LogP contribution >= 0.6 is 11.3 Å². The third-order valence-corrected chi connectivity index (χ3v) is 5.69. The van der Waals surface area contributed by atoms with E-state index in [1.165, 1.54) is 0 Å². The zero-order valence-electron chi connectivity index (χ0n) is 13.8. The Bertz CT molecular complexity index is 710. The Morgan fingerprint density at radius 3 is 2.92 bits per heavy atom. The van der Waals surface area contributed by atoms with E-state index in [1.54, 1.807) is 16.2 Å². The number of likely N-dealkylation sites (tertiary alicyclic amines) is 1. The normalized spacial score (nSPS) is 21.1. The number of hydrogen-bond acceptors (Lipinski definition) is 4. The number of amides is 1. The van der Waals surface area contributed by atoms with E-state index in [1.807, 2.05) is 31.2 Å². The third kappa shape index (κ3) is 3.75. The van der Waals surface area contributed by atoms with Crippen molar-refractivity contribution < 1.29 is 14.7 Å². The summed E-state index contributed by atoms with van der Waals surface area (Å²) in [6.45, 7) is 2.60. The van der Waals surface area contributed by atoms with E-state index >= 15 is 0 Å². The lowest BCUT2D eigenvalue weighted by atomic mass is 9.92. The van der Waals surface area contributed by atoms with Gasteiger partial charge in [0.2, 0.25) is 5.91 Å². The fraction of sp³-hybridized carbons (Fsp3) is 0.500. The van der Waals surface area contributed by atoms with Crippen LogP contribution in [-0.4, -0.2) is 39.5 Å². The summed E-state index contributed by atoms with van der Waals surface area (Å²) in [5.74, 6) is -0.575. The molecule has 2 unspecified atom stereocenters. The van der Waals surface area contributed by atoms with E-state index in [2.05, 4.69) is 4.98 Å². The van der Waals surface area contributed by atoms with Crippen LogP contribution in [0.1, 0.15) is 37.6 Å². The van der Waals surface area contributed by atoms with Crippen molar-refractivity contribution in [3.63, 3.8) is 0 Å². The van der Waals surface area contributed by atoms with E-state index in [4.69, 9.17) is 0 Å². The molecule has 1 fully saturated rings. The number of aliphatic carboxylic acids is 1. The molecule has 2 atom stereocenters. The van der Waals surface area contributed by atoms with Crippen LogP contribution in [0.3, 0.4) is 0 Å². The molecule has 0 radical (unpaired) electrons. The van der Waals surface area contributed by atoms with Gasteiger partial charge >= 0.3 is 5.97 Å². The summed E-state index contributed by atoms with van der Waals surface area (Å²) < 4.78 is 1.16. The van der Waals surface area contributed by atoms with E-state index < -0.39 is 12.0 Å². The minimum absolute atomic E-state index is 0.0459. The number of benzene rings is 1. The van der Waals surface area contributed by atoms with Crippen molar-refractivity contribution in [1.29, 1.82) is 0 Å². The fourth-order valence-electron chi connectivity index (χ4n) is 3.24. The summed E-state index contributed by atoms with van der Waals surface area (Å²) in [6, 6.07) is 7.35. The average molecular weight is 346 g/mol. The molecule has 0 bridgehead atoms. The van der Waals surface area contributed by atoms with Gasteiger partial charge in [-0.1, -0.05) is 19.1 Å². The number of aromatic nitrogens is 1. The smallest absolute Gasteiger partial charge is 0.326 e. The maximum Gasteiger partial charge on any atom is 0.326 e. The molecule has 128 valence electrons. The molecule has 1 N–H and O–H groups in total. The van der Waals surface area contributed by atoms with Crippen LogP contribution < -0.4 is 0 Å². The highest BCUT2D eigenvalue weighted by molar-refractivity contribution is 7.18. The maximum atomic E-state index is 12.4. The SMILES string of the molecule is CC1CCN(C(=O)CCCc2nc3ccccc3s2)C(C(=O)O)C1. The van der Waals surface area contributed by atoms with Crippen molar-refractivity contribution in [1.82, 2.24) is 9.88 Å². The van der Waals surface area contributed by atoms with Gasteiger partial charge in [-0.2, -0.15) is 0 Å². The third-order valence-electron chi connectivity index (χ3n) is 4.59. The van der Waals surface area contributed by atoms with Crippen molar-refractivity contribution in [2.24, 2.45) is 5.92 Å².